The molecule has 0 saturated carbocycles. The summed E-state index contributed by atoms with van der Waals surface area (Å²) < 4.78 is 42.7. The summed E-state index contributed by atoms with van der Waals surface area (Å²) in [5.41, 5.74) is -0.500. The summed E-state index contributed by atoms with van der Waals surface area (Å²) in [4.78, 5) is 15.9. The molecule has 2 aromatic rings. The highest BCUT2D eigenvalue weighted by molar-refractivity contribution is 5.78. The van der Waals surface area contributed by atoms with Gasteiger partial charge in [0.2, 0.25) is 11.8 Å². The second kappa shape index (κ2) is 6.17. The molecule has 22 heavy (non-hydrogen) atoms. The number of halogens is 3. The molecule has 0 aliphatic heterocycles. The molecule has 0 saturated heterocycles. The third kappa shape index (κ3) is 4.06. The lowest BCUT2D eigenvalue weighted by atomic mass is 10.1. The van der Waals surface area contributed by atoms with E-state index in [0.717, 1.165) is 12.1 Å². The Morgan fingerprint density at radius 1 is 1.41 bits per heavy atom. The van der Waals surface area contributed by atoms with Crippen LogP contribution in [0.15, 0.2) is 28.8 Å². The number of rotatable bonds is 4. The van der Waals surface area contributed by atoms with Crippen molar-refractivity contribution in [3.8, 4) is 0 Å². The number of carbonyl (C=O) groups is 1. The SMILES string of the molecule is Cc1noc([C@@H](C)NC(=O)Cc2cccc(C(F)(F)F)c2)n1. The van der Waals surface area contributed by atoms with Crippen LogP contribution in [0, 0.1) is 6.92 Å². The van der Waals surface area contributed by atoms with Crippen LogP contribution < -0.4 is 5.32 Å². The third-order valence-corrected chi connectivity index (χ3v) is 2.91. The van der Waals surface area contributed by atoms with Crippen LogP contribution >= 0.6 is 0 Å². The van der Waals surface area contributed by atoms with Crippen molar-refractivity contribution >= 4 is 5.91 Å². The average molecular weight is 313 g/mol. The summed E-state index contributed by atoms with van der Waals surface area (Å²) in [7, 11) is 0. The smallest absolute Gasteiger partial charge is 0.344 e. The minimum absolute atomic E-state index is 0.165. The maximum Gasteiger partial charge on any atom is 0.416 e. The van der Waals surface area contributed by atoms with Crippen LogP contribution in [-0.4, -0.2) is 16.0 Å². The van der Waals surface area contributed by atoms with Gasteiger partial charge in [0.05, 0.1) is 12.0 Å². The van der Waals surface area contributed by atoms with Gasteiger partial charge in [-0.05, 0) is 25.5 Å². The van der Waals surface area contributed by atoms with Crippen LogP contribution in [0.4, 0.5) is 13.2 Å². The molecule has 0 fully saturated rings. The minimum atomic E-state index is -4.43. The van der Waals surface area contributed by atoms with E-state index >= 15 is 0 Å². The van der Waals surface area contributed by atoms with Gasteiger partial charge in [-0.3, -0.25) is 4.79 Å². The monoisotopic (exact) mass is 313 g/mol. The molecule has 0 aliphatic rings. The van der Waals surface area contributed by atoms with Gasteiger partial charge in [0.25, 0.3) is 0 Å². The molecule has 0 unspecified atom stereocenters. The van der Waals surface area contributed by atoms with Crippen molar-refractivity contribution in [2.24, 2.45) is 0 Å². The molecule has 0 spiro atoms. The van der Waals surface area contributed by atoms with Crippen molar-refractivity contribution in [1.29, 1.82) is 0 Å². The predicted molar refractivity (Wildman–Crippen MR) is 70.7 cm³/mol. The number of hydrogen-bond donors (Lipinski definition) is 1. The number of aryl methyl sites for hydroxylation is 1. The third-order valence-electron chi connectivity index (χ3n) is 2.91. The van der Waals surface area contributed by atoms with Crippen LogP contribution in [0.3, 0.4) is 0 Å². The van der Waals surface area contributed by atoms with E-state index in [1.54, 1.807) is 13.8 Å². The van der Waals surface area contributed by atoms with Gasteiger partial charge >= 0.3 is 6.18 Å². The van der Waals surface area contributed by atoms with Crippen LogP contribution in [0.5, 0.6) is 0 Å². The van der Waals surface area contributed by atoms with Crippen LogP contribution in [0.25, 0.3) is 0 Å². The molecule has 8 heteroatoms. The molecule has 118 valence electrons. The van der Waals surface area contributed by atoms with Gasteiger partial charge in [-0.1, -0.05) is 23.4 Å². The van der Waals surface area contributed by atoms with Gasteiger partial charge in [0.1, 0.15) is 6.04 Å². The first-order valence-electron chi connectivity index (χ1n) is 6.51. The standard InChI is InChI=1S/C14H14F3N3O2/c1-8(13-19-9(2)20-22-13)18-12(21)7-10-4-3-5-11(6-10)14(15,16)17/h3-6,8H,7H2,1-2H3,(H,18,21)/t8-/m1/s1. The maximum absolute atomic E-state index is 12.6. The summed E-state index contributed by atoms with van der Waals surface area (Å²) in [6, 6.07) is 4.15. The Labute approximate surface area is 124 Å². The molecule has 1 amide bonds. The first kappa shape index (κ1) is 16.0. The highest BCUT2D eigenvalue weighted by atomic mass is 19.4. The average Bonchev–Trinajstić information content (AvgIpc) is 2.84. The van der Waals surface area contributed by atoms with Gasteiger partial charge in [-0.15, -0.1) is 0 Å². The van der Waals surface area contributed by atoms with Crippen molar-refractivity contribution in [1.82, 2.24) is 15.5 Å². The van der Waals surface area contributed by atoms with Gasteiger partial charge < -0.3 is 9.84 Å². The number of carbonyl (C=O) groups excluding carboxylic acids is 1. The molecule has 0 radical (unpaired) electrons. The zero-order valence-electron chi connectivity index (χ0n) is 11.9. The fourth-order valence-electron chi connectivity index (χ4n) is 1.89. The quantitative estimate of drug-likeness (QED) is 0.942. The molecule has 5 nitrogen and oxygen atoms in total. The van der Waals surface area contributed by atoms with Crippen molar-refractivity contribution in [3.05, 3.63) is 47.1 Å². The molecular weight excluding hydrogens is 299 g/mol. The van der Waals surface area contributed by atoms with Crippen LogP contribution in [0.1, 0.15) is 35.8 Å². The predicted octanol–water partition coefficient (Wildman–Crippen LogP) is 2.82. The zero-order chi connectivity index (χ0) is 16.3. The van der Waals surface area contributed by atoms with Crippen LogP contribution in [-0.2, 0) is 17.4 Å². The number of hydrogen-bond acceptors (Lipinski definition) is 4. The highest BCUT2D eigenvalue weighted by Gasteiger charge is 2.30. The van der Waals surface area contributed by atoms with Crippen molar-refractivity contribution in [2.75, 3.05) is 0 Å². The number of nitrogens with one attached hydrogen (secondary N) is 1. The molecule has 1 heterocycles. The molecule has 1 aromatic heterocycles. The van der Waals surface area contributed by atoms with E-state index in [2.05, 4.69) is 15.5 Å². The summed E-state index contributed by atoms with van der Waals surface area (Å²) in [5, 5.41) is 6.20. The molecule has 1 aromatic carbocycles. The van der Waals surface area contributed by atoms with E-state index in [4.69, 9.17) is 4.52 Å². The Hall–Kier alpha value is -2.38. The summed E-state index contributed by atoms with van der Waals surface area (Å²) in [5.74, 6) is 0.256. The van der Waals surface area contributed by atoms with E-state index < -0.39 is 23.7 Å². The fourth-order valence-corrected chi connectivity index (χ4v) is 1.89. The second-order valence-corrected chi connectivity index (χ2v) is 4.84. The van der Waals surface area contributed by atoms with Crippen molar-refractivity contribution < 1.29 is 22.5 Å². The molecule has 0 bridgehead atoms. The van der Waals surface area contributed by atoms with Crippen molar-refractivity contribution in [2.45, 2.75) is 32.5 Å². The highest BCUT2D eigenvalue weighted by Crippen LogP contribution is 2.29. The Balaban J connectivity index is 2.00. The van der Waals surface area contributed by atoms with E-state index in [-0.39, 0.29) is 17.9 Å². The lowest BCUT2D eigenvalue weighted by molar-refractivity contribution is -0.137. The van der Waals surface area contributed by atoms with Crippen LogP contribution in [0.2, 0.25) is 0 Å². The van der Waals surface area contributed by atoms with Gasteiger partial charge in [-0.25, -0.2) is 0 Å². The van der Waals surface area contributed by atoms with E-state index in [9.17, 15) is 18.0 Å². The lowest BCUT2D eigenvalue weighted by Gasteiger charge is -2.11. The Morgan fingerprint density at radius 3 is 2.73 bits per heavy atom. The van der Waals surface area contributed by atoms with Gasteiger partial charge in [0.15, 0.2) is 5.82 Å². The fraction of sp³-hybridized carbons (Fsp3) is 0.357. The summed E-state index contributed by atoms with van der Waals surface area (Å²) >= 11 is 0. The van der Waals surface area contributed by atoms with Gasteiger partial charge in [0, 0.05) is 0 Å². The number of nitrogens with zero attached hydrogens (tertiary/aromatic N) is 2. The van der Waals surface area contributed by atoms with Gasteiger partial charge in [-0.2, -0.15) is 18.2 Å². The Kier molecular flexibility index (Phi) is 4.48. The largest absolute Gasteiger partial charge is 0.416 e. The summed E-state index contributed by atoms with van der Waals surface area (Å²) in [6.45, 7) is 3.29. The Morgan fingerprint density at radius 2 is 2.14 bits per heavy atom. The topological polar surface area (TPSA) is 68.0 Å². The van der Waals surface area contributed by atoms with E-state index in [1.165, 1.54) is 12.1 Å². The molecular formula is C14H14F3N3O2. The first-order valence-corrected chi connectivity index (χ1v) is 6.51. The first-order chi connectivity index (χ1) is 10.3. The number of amides is 1. The Bertz CT molecular complexity index is 667. The molecule has 1 N–H and O–H groups in total. The maximum atomic E-state index is 12.6. The number of alkyl halides is 3. The molecule has 1 atom stereocenters. The summed E-state index contributed by atoms with van der Waals surface area (Å²) in [6.07, 6.45) is -4.59. The molecule has 0 aliphatic carbocycles. The number of aromatic nitrogens is 2. The van der Waals surface area contributed by atoms with E-state index in [0.29, 0.717) is 5.82 Å². The lowest BCUT2D eigenvalue weighted by Crippen LogP contribution is -2.28. The molecule has 2 rings (SSSR count). The van der Waals surface area contributed by atoms with E-state index in [1.807, 2.05) is 0 Å². The number of benzene rings is 1. The minimum Gasteiger partial charge on any atom is -0.344 e. The zero-order valence-corrected chi connectivity index (χ0v) is 11.9. The second-order valence-electron chi connectivity index (χ2n) is 4.84. The van der Waals surface area contributed by atoms with Crippen molar-refractivity contribution in [3.63, 3.8) is 0 Å². The normalized spacial score (nSPS) is 13.0.